The summed E-state index contributed by atoms with van der Waals surface area (Å²) in [6.45, 7) is 4.30. The van der Waals surface area contributed by atoms with E-state index in [4.69, 9.17) is 9.47 Å². The van der Waals surface area contributed by atoms with Crippen molar-refractivity contribution in [3.8, 4) is 11.5 Å². The van der Waals surface area contributed by atoms with Crippen LogP contribution in [0, 0.1) is 0 Å². The normalized spacial score (nSPS) is 11.8. The average Bonchev–Trinajstić information content (AvgIpc) is 3.46. The van der Waals surface area contributed by atoms with Gasteiger partial charge in [0.1, 0.15) is 17.2 Å². The minimum atomic E-state index is -0.511. The Kier molecular flexibility index (Phi) is 10.7. The number of nitrogens with one attached hydrogen (secondary N) is 3. The largest absolute Gasteiger partial charge is 0.497 e. The van der Waals surface area contributed by atoms with Gasteiger partial charge >= 0.3 is 0 Å². The molecule has 1 aromatic heterocycles. The van der Waals surface area contributed by atoms with Crippen LogP contribution in [0.5, 0.6) is 11.5 Å². The van der Waals surface area contributed by atoms with Crippen LogP contribution >= 0.6 is 23.1 Å². The van der Waals surface area contributed by atoms with Gasteiger partial charge in [-0.05, 0) is 86.2 Å². The topological polar surface area (TPSA) is 119 Å². The van der Waals surface area contributed by atoms with E-state index in [0.717, 1.165) is 20.9 Å². The number of thiazole rings is 1. The van der Waals surface area contributed by atoms with Crippen molar-refractivity contribution in [2.24, 2.45) is 0 Å². The molecule has 0 aliphatic rings. The fourth-order valence-corrected chi connectivity index (χ4v) is 6.19. The number of nitrogens with zero attached hydrogens (tertiary/aromatic N) is 1. The Hall–Kier alpha value is -5.13. The number of anilines is 2. The lowest BCUT2D eigenvalue weighted by Crippen LogP contribution is -2.30. The van der Waals surface area contributed by atoms with E-state index in [1.165, 1.54) is 23.1 Å². The number of carbonyl (C=O) groups excluding carboxylic acids is 3. The summed E-state index contributed by atoms with van der Waals surface area (Å²) in [5.74, 6) is 0.245. The number of fused-ring (bicyclic) bond motifs is 1. The molecule has 234 valence electrons. The summed E-state index contributed by atoms with van der Waals surface area (Å²) in [6, 6.07) is 28.6. The maximum atomic E-state index is 13.5. The summed E-state index contributed by atoms with van der Waals surface area (Å²) in [4.78, 5) is 44.8. The van der Waals surface area contributed by atoms with Gasteiger partial charge in [-0.15, -0.1) is 11.8 Å². The van der Waals surface area contributed by atoms with Crippen LogP contribution in [0.3, 0.4) is 0 Å². The predicted octanol–water partition coefficient (Wildman–Crippen LogP) is 7.23. The maximum absolute atomic E-state index is 13.5. The molecule has 0 aliphatic carbocycles. The molecule has 0 radical (unpaired) electrons. The number of benzene rings is 4. The van der Waals surface area contributed by atoms with Crippen LogP contribution in [-0.2, 0) is 9.59 Å². The number of ether oxygens (including phenoxy) is 2. The first-order chi connectivity index (χ1) is 22.3. The van der Waals surface area contributed by atoms with Crippen LogP contribution in [-0.4, -0.2) is 41.7 Å². The molecule has 0 saturated heterocycles. The molecule has 4 aromatic carbocycles. The molecule has 1 heterocycles. The van der Waals surface area contributed by atoms with Crippen LogP contribution < -0.4 is 25.4 Å². The van der Waals surface area contributed by atoms with E-state index < -0.39 is 17.1 Å². The third kappa shape index (κ3) is 8.52. The van der Waals surface area contributed by atoms with E-state index in [1.54, 1.807) is 86.8 Å². The number of hydrogen-bond acceptors (Lipinski definition) is 8. The minimum Gasteiger partial charge on any atom is -0.497 e. The van der Waals surface area contributed by atoms with Gasteiger partial charge in [-0.1, -0.05) is 47.7 Å². The van der Waals surface area contributed by atoms with Gasteiger partial charge < -0.3 is 25.4 Å². The zero-order valence-electron chi connectivity index (χ0n) is 25.4. The van der Waals surface area contributed by atoms with Crippen molar-refractivity contribution in [2.45, 2.75) is 24.0 Å². The molecule has 3 amide bonds. The van der Waals surface area contributed by atoms with E-state index in [1.807, 2.05) is 37.3 Å². The van der Waals surface area contributed by atoms with Gasteiger partial charge in [0.25, 0.3) is 11.8 Å². The number of hydrogen-bond donors (Lipinski definition) is 3. The van der Waals surface area contributed by atoms with Gasteiger partial charge in [-0.25, -0.2) is 4.98 Å². The highest BCUT2D eigenvalue weighted by molar-refractivity contribution is 8.00. The van der Waals surface area contributed by atoms with E-state index >= 15 is 0 Å². The monoisotopic (exact) mass is 652 g/mol. The summed E-state index contributed by atoms with van der Waals surface area (Å²) >= 11 is 2.73. The predicted molar refractivity (Wildman–Crippen MR) is 185 cm³/mol. The molecule has 0 aliphatic heterocycles. The van der Waals surface area contributed by atoms with Crippen LogP contribution in [0.2, 0.25) is 0 Å². The van der Waals surface area contributed by atoms with E-state index in [0.29, 0.717) is 34.3 Å². The van der Waals surface area contributed by atoms with Gasteiger partial charge in [-0.3, -0.25) is 14.4 Å². The molecule has 1 atom stereocenters. The lowest BCUT2D eigenvalue weighted by atomic mass is 10.1. The molecule has 11 heteroatoms. The standard InChI is InChI=1S/C35H32N4O5S2/c1-4-44-27-16-17-29-31(21-27)46-35(38-29)39-32(40)22(2)45-28-15-9-13-25(20-28)36-34(42)30(19-23-10-8-14-26(18-23)43-3)37-33(41)24-11-6-5-7-12-24/h5-22H,4H2,1-3H3,(H,36,42)(H,37,41)(H,38,39,40)/b30-19-. The highest BCUT2D eigenvalue weighted by atomic mass is 32.2. The van der Waals surface area contributed by atoms with Crippen LogP contribution in [0.25, 0.3) is 16.3 Å². The summed E-state index contributed by atoms with van der Waals surface area (Å²) in [5.41, 5.74) is 2.43. The second-order valence-corrected chi connectivity index (χ2v) is 12.4. The van der Waals surface area contributed by atoms with Crippen LogP contribution in [0.4, 0.5) is 10.8 Å². The Labute approximate surface area is 275 Å². The summed E-state index contributed by atoms with van der Waals surface area (Å²) in [7, 11) is 1.56. The van der Waals surface area contributed by atoms with E-state index in [9.17, 15) is 14.4 Å². The Balaban J connectivity index is 1.27. The highest BCUT2D eigenvalue weighted by Crippen LogP contribution is 2.31. The summed E-state index contributed by atoms with van der Waals surface area (Å²) in [6.07, 6.45) is 1.59. The SMILES string of the molecule is CCOc1ccc2nc(NC(=O)C(C)Sc3cccc(NC(=O)/C(=C/c4cccc(OC)c4)NC(=O)c4ccccc4)c3)sc2c1. The molecular weight excluding hydrogens is 621 g/mol. The molecule has 3 N–H and O–H groups in total. The number of thioether (sulfide) groups is 1. The second kappa shape index (κ2) is 15.2. The smallest absolute Gasteiger partial charge is 0.272 e. The first kappa shape index (κ1) is 32.3. The van der Waals surface area contributed by atoms with Crippen molar-refractivity contribution in [3.05, 3.63) is 114 Å². The summed E-state index contributed by atoms with van der Waals surface area (Å²) < 4.78 is 11.8. The fourth-order valence-electron chi connectivity index (χ4n) is 4.37. The fraction of sp³-hybridized carbons (Fsp3) is 0.143. The van der Waals surface area contributed by atoms with Crippen molar-refractivity contribution in [1.82, 2.24) is 10.3 Å². The molecule has 46 heavy (non-hydrogen) atoms. The Morgan fingerprint density at radius 1 is 0.913 bits per heavy atom. The van der Waals surface area contributed by atoms with Gasteiger partial charge in [0.2, 0.25) is 5.91 Å². The summed E-state index contributed by atoms with van der Waals surface area (Å²) in [5, 5.41) is 8.58. The van der Waals surface area contributed by atoms with Crippen molar-refractivity contribution in [3.63, 3.8) is 0 Å². The van der Waals surface area contributed by atoms with Gasteiger partial charge in [0.05, 0.1) is 29.2 Å². The van der Waals surface area contributed by atoms with Gasteiger partial charge in [0, 0.05) is 16.1 Å². The molecule has 9 nitrogen and oxygen atoms in total. The minimum absolute atomic E-state index is 0.0529. The van der Waals surface area contributed by atoms with E-state index in [2.05, 4.69) is 20.9 Å². The number of carbonyl (C=O) groups is 3. The second-order valence-electron chi connectivity index (χ2n) is 9.97. The van der Waals surface area contributed by atoms with E-state index in [-0.39, 0.29) is 11.6 Å². The van der Waals surface area contributed by atoms with Crippen molar-refractivity contribution >= 4 is 67.9 Å². The number of rotatable bonds is 12. The van der Waals surface area contributed by atoms with Crippen molar-refractivity contribution in [1.29, 1.82) is 0 Å². The third-order valence-electron chi connectivity index (χ3n) is 6.61. The van der Waals surface area contributed by atoms with Gasteiger partial charge in [0.15, 0.2) is 5.13 Å². The Morgan fingerprint density at radius 3 is 2.50 bits per heavy atom. The zero-order chi connectivity index (χ0) is 32.5. The highest BCUT2D eigenvalue weighted by Gasteiger charge is 2.19. The molecule has 0 bridgehead atoms. The lowest BCUT2D eigenvalue weighted by Gasteiger charge is -2.14. The Morgan fingerprint density at radius 2 is 1.72 bits per heavy atom. The average molecular weight is 653 g/mol. The molecule has 0 fully saturated rings. The lowest BCUT2D eigenvalue weighted by molar-refractivity contribution is -0.115. The van der Waals surface area contributed by atoms with Crippen LogP contribution in [0.15, 0.2) is 108 Å². The Bertz CT molecular complexity index is 1890. The molecule has 0 saturated carbocycles. The van der Waals surface area contributed by atoms with Gasteiger partial charge in [-0.2, -0.15) is 0 Å². The quantitative estimate of drug-likeness (QED) is 0.0961. The molecular formula is C35H32N4O5S2. The zero-order valence-corrected chi connectivity index (χ0v) is 27.0. The maximum Gasteiger partial charge on any atom is 0.272 e. The number of aromatic nitrogens is 1. The first-order valence-electron chi connectivity index (χ1n) is 14.5. The third-order valence-corrected chi connectivity index (χ3v) is 8.64. The molecule has 5 aromatic rings. The number of methoxy groups -OCH3 is 1. The number of amides is 3. The molecule has 0 spiro atoms. The van der Waals surface area contributed by atoms with Crippen molar-refractivity contribution < 1.29 is 23.9 Å². The molecule has 1 unspecified atom stereocenters. The van der Waals surface area contributed by atoms with Crippen LogP contribution in [0.1, 0.15) is 29.8 Å². The molecule has 5 rings (SSSR count). The first-order valence-corrected chi connectivity index (χ1v) is 16.2. The van der Waals surface area contributed by atoms with Crippen molar-refractivity contribution in [2.75, 3.05) is 24.4 Å².